The van der Waals surface area contributed by atoms with Gasteiger partial charge in [-0.15, -0.1) is 11.6 Å². The summed E-state index contributed by atoms with van der Waals surface area (Å²) < 4.78 is 18.3. The van der Waals surface area contributed by atoms with Crippen LogP contribution in [0.5, 0.6) is 5.75 Å². The third-order valence-electron chi connectivity index (χ3n) is 2.71. The van der Waals surface area contributed by atoms with Gasteiger partial charge in [0.1, 0.15) is 0 Å². The summed E-state index contributed by atoms with van der Waals surface area (Å²) >= 11 is 5.72. The number of alkyl halides is 1. The lowest BCUT2D eigenvalue weighted by atomic mass is 10.0. The summed E-state index contributed by atoms with van der Waals surface area (Å²) in [5.74, 6) is 0.549. The zero-order valence-corrected chi connectivity index (χ0v) is 11.3. The highest BCUT2D eigenvalue weighted by Gasteiger charge is 2.15. The normalized spacial score (nSPS) is 11.6. The van der Waals surface area contributed by atoms with Crippen LogP contribution in [0.1, 0.15) is 25.8 Å². The third-order valence-corrected chi connectivity index (χ3v) is 2.90. The van der Waals surface area contributed by atoms with Crippen LogP contribution in [0.2, 0.25) is 0 Å². The van der Waals surface area contributed by atoms with Crippen LogP contribution in [0, 0.1) is 5.82 Å². The number of rotatable bonds is 6. The Balaban J connectivity index is 2.61. The maximum Gasteiger partial charge on any atom is 0.165 e. The molecule has 0 heterocycles. The van der Waals surface area contributed by atoms with Crippen molar-refractivity contribution in [1.29, 1.82) is 0 Å². The second kappa shape index (κ2) is 6.22. The van der Waals surface area contributed by atoms with Crippen LogP contribution < -0.4 is 10.1 Å². The molecule has 0 amide bonds. The molecule has 0 saturated heterocycles. The van der Waals surface area contributed by atoms with E-state index in [2.05, 4.69) is 19.2 Å². The van der Waals surface area contributed by atoms with Gasteiger partial charge in [-0.2, -0.15) is 0 Å². The largest absolute Gasteiger partial charge is 0.494 e. The quantitative estimate of drug-likeness (QED) is 0.792. The zero-order chi connectivity index (χ0) is 12.9. The highest BCUT2D eigenvalue weighted by Crippen LogP contribution is 2.18. The van der Waals surface area contributed by atoms with E-state index in [1.807, 2.05) is 6.07 Å². The van der Waals surface area contributed by atoms with E-state index in [4.69, 9.17) is 16.3 Å². The maximum atomic E-state index is 13.4. The molecular weight excluding hydrogens is 241 g/mol. The number of hydrogen-bond donors (Lipinski definition) is 1. The first-order chi connectivity index (χ1) is 7.98. The molecule has 0 unspecified atom stereocenters. The van der Waals surface area contributed by atoms with Gasteiger partial charge in [-0.05, 0) is 38.0 Å². The third kappa shape index (κ3) is 4.52. The molecule has 2 nitrogen and oxygen atoms in total. The molecule has 0 spiro atoms. The first-order valence-electron chi connectivity index (χ1n) is 5.62. The van der Waals surface area contributed by atoms with Crippen LogP contribution >= 0.6 is 11.6 Å². The van der Waals surface area contributed by atoms with E-state index in [1.165, 1.54) is 13.2 Å². The fourth-order valence-corrected chi connectivity index (χ4v) is 1.96. The van der Waals surface area contributed by atoms with Crippen LogP contribution in [-0.4, -0.2) is 18.5 Å². The van der Waals surface area contributed by atoms with Crippen molar-refractivity contribution in [1.82, 2.24) is 5.32 Å². The van der Waals surface area contributed by atoms with E-state index in [0.29, 0.717) is 12.4 Å². The van der Waals surface area contributed by atoms with Crippen molar-refractivity contribution in [3.05, 3.63) is 29.6 Å². The number of benzene rings is 1. The summed E-state index contributed by atoms with van der Waals surface area (Å²) in [6.07, 6.45) is 0.868. The molecule has 4 heteroatoms. The molecule has 1 aromatic rings. The van der Waals surface area contributed by atoms with Crippen LogP contribution in [0.15, 0.2) is 18.2 Å². The Labute approximate surface area is 107 Å². The highest BCUT2D eigenvalue weighted by molar-refractivity contribution is 6.17. The summed E-state index contributed by atoms with van der Waals surface area (Å²) in [5.41, 5.74) is 0.851. The average Bonchev–Trinajstić information content (AvgIpc) is 2.27. The second-order valence-electron chi connectivity index (χ2n) is 4.65. The van der Waals surface area contributed by atoms with Gasteiger partial charge in [0.15, 0.2) is 11.6 Å². The molecule has 1 rings (SSSR count). The number of hydrogen-bond acceptors (Lipinski definition) is 2. The van der Waals surface area contributed by atoms with Gasteiger partial charge in [-0.1, -0.05) is 6.07 Å². The van der Waals surface area contributed by atoms with Gasteiger partial charge < -0.3 is 10.1 Å². The molecular formula is C13H19ClFNO. The van der Waals surface area contributed by atoms with Gasteiger partial charge in [-0.3, -0.25) is 0 Å². The molecule has 0 bridgehead atoms. The molecule has 96 valence electrons. The Morgan fingerprint density at radius 3 is 2.65 bits per heavy atom. The van der Waals surface area contributed by atoms with Crippen molar-refractivity contribution in [2.45, 2.75) is 32.4 Å². The first kappa shape index (κ1) is 14.3. The summed E-state index contributed by atoms with van der Waals surface area (Å²) in [4.78, 5) is 0. The fourth-order valence-electron chi connectivity index (χ4n) is 1.49. The molecule has 0 radical (unpaired) electrons. The zero-order valence-electron chi connectivity index (χ0n) is 10.5. The molecule has 0 aliphatic carbocycles. The summed E-state index contributed by atoms with van der Waals surface area (Å²) in [6, 6.07) is 4.98. The minimum Gasteiger partial charge on any atom is -0.494 e. The molecule has 1 aromatic carbocycles. The Bertz CT molecular complexity index is 368. The van der Waals surface area contributed by atoms with Crippen LogP contribution in [0.25, 0.3) is 0 Å². The van der Waals surface area contributed by atoms with E-state index in [9.17, 15) is 4.39 Å². The predicted molar refractivity (Wildman–Crippen MR) is 69.2 cm³/mol. The monoisotopic (exact) mass is 259 g/mol. The first-order valence-corrected chi connectivity index (χ1v) is 6.15. The molecule has 0 saturated carbocycles. The maximum absolute atomic E-state index is 13.4. The minimum atomic E-state index is -0.332. The Morgan fingerprint density at radius 2 is 2.12 bits per heavy atom. The van der Waals surface area contributed by atoms with Gasteiger partial charge in [0.25, 0.3) is 0 Å². The van der Waals surface area contributed by atoms with E-state index >= 15 is 0 Å². The molecule has 0 atom stereocenters. The minimum absolute atomic E-state index is 0.0435. The lowest BCUT2D eigenvalue weighted by Crippen LogP contribution is -2.39. The molecule has 17 heavy (non-hydrogen) atoms. The standard InChI is InChI=1S/C13H19ClFNO/c1-13(2,6-7-14)16-9-10-4-5-12(17-3)11(15)8-10/h4-5,8,16H,6-7,9H2,1-3H3. The van der Waals surface area contributed by atoms with E-state index in [1.54, 1.807) is 6.07 Å². The van der Waals surface area contributed by atoms with Gasteiger partial charge in [0.05, 0.1) is 7.11 Å². The number of halogens is 2. The van der Waals surface area contributed by atoms with Gasteiger partial charge in [0, 0.05) is 18.0 Å². The van der Waals surface area contributed by atoms with Crippen molar-refractivity contribution in [3.63, 3.8) is 0 Å². The molecule has 0 aromatic heterocycles. The van der Waals surface area contributed by atoms with Gasteiger partial charge in [-0.25, -0.2) is 4.39 Å². The average molecular weight is 260 g/mol. The SMILES string of the molecule is COc1ccc(CNC(C)(C)CCCl)cc1F. The predicted octanol–water partition coefficient (Wildman–Crippen LogP) is 3.33. The topological polar surface area (TPSA) is 21.3 Å². The van der Waals surface area contributed by atoms with Crippen LogP contribution in [0.3, 0.4) is 0 Å². The summed E-state index contributed by atoms with van der Waals surface area (Å²) in [6.45, 7) is 4.77. The Kier molecular flexibility index (Phi) is 5.22. The van der Waals surface area contributed by atoms with Crippen LogP contribution in [0.4, 0.5) is 4.39 Å². The van der Waals surface area contributed by atoms with E-state index in [0.717, 1.165) is 12.0 Å². The smallest absolute Gasteiger partial charge is 0.165 e. The fraction of sp³-hybridized carbons (Fsp3) is 0.538. The van der Waals surface area contributed by atoms with Gasteiger partial charge >= 0.3 is 0 Å². The van der Waals surface area contributed by atoms with Crippen molar-refractivity contribution in [2.75, 3.05) is 13.0 Å². The van der Waals surface area contributed by atoms with E-state index in [-0.39, 0.29) is 17.1 Å². The van der Waals surface area contributed by atoms with Crippen molar-refractivity contribution in [3.8, 4) is 5.75 Å². The molecule has 1 N–H and O–H groups in total. The van der Waals surface area contributed by atoms with Crippen molar-refractivity contribution in [2.24, 2.45) is 0 Å². The lowest BCUT2D eigenvalue weighted by Gasteiger charge is -2.25. The summed E-state index contributed by atoms with van der Waals surface area (Å²) in [5, 5.41) is 3.35. The van der Waals surface area contributed by atoms with Crippen LogP contribution in [-0.2, 0) is 6.54 Å². The summed E-state index contributed by atoms with van der Waals surface area (Å²) in [7, 11) is 1.46. The van der Waals surface area contributed by atoms with Crippen molar-refractivity contribution >= 4 is 11.6 Å². The lowest BCUT2D eigenvalue weighted by molar-refractivity contribution is 0.373. The van der Waals surface area contributed by atoms with Gasteiger partial charge in [0.2, 0.25) is 0 Å². The molecule has 0 aliphatic heterocycles. The molecule has 0 aliphatic rings. The molecule has 0 fully saturated rings. The Morgan fingerprint density at radius 1 is 1.41 bits per heavy atom. The highest BCUT2D eigenvalue weighted by atomic mass is 35.5. The Hall–Kier alpha value is -0.800. The van der Waals surface area contributed by atoms with Crippen molar-refractivity contribution < 1.29 is 9.13 Å². The van der Waals surface area contributed by atoms with E-state index < -0.39 is 0 Å². The number of methoxy groups -OCH3 is 1. The number of nitrogens with one attached hydrogen (secondary N) is 1. The second-order valence-corrected chi connectivity index (χ2v) is 5.02. The number of ether oxygens (including phenoxy) is 1.